The number of benzene rings is 1. The Morgan fingerprint density at radius 3 is 2.67 bits per heavy atom. The van der Waals surface area contributed by atoms with Crippen molar-refractivity contribution in [1.82, 2.24) is 4.98 Å². The number of carbonyl (C=O) groups is 1. The lowest BCUT2D eigenvalue weighted by atomic mass is 10.2. The smallest absolute Gasteiger partial charge is 0.324 e. The summed E-state index contributed by atoms with van der Waals surface area (Å²) in [6.45, 7) is 5.97. The fourth-order valence-electron chi connectivity index (χ4n) is 3.64. The molecule has 1 N–H and O–H groups in total. The lowest BCUT2D eigenvalue weighted by Crippen LogP contribution is -2.17. The van der Waals surface area contributed by atoms with Crippen LogP contribution in [-0.2, 0) is 9.09 Å². The van der Waals surface area contributed by atoms with Crippen molar-refractivity contribution in [3.05, 3.63) is 45.6 Å². The summed E-state index contributed by atoms with van der Waals surface area (Å²) in [6.07, 6.45) is 3.18. The minimum absolute atomic E-state index is 0.475. The third-order valence-electron chi connectivity index (χ3n) is 5.18. The lowest BCUT2D eigenvalue weighted by Gasteiger charge is -2.20. The van der Waals surface area contributed by atoms with E-state index in [4.69, 9.17) is 9.51 Å². The maximum absolute atomic E-state index is 13.6. The number of aromatic nitrogens is 1. The number of nitrogens with one attached hydrogen (secondary N) is 1. The van der Waals surface area contributed by atoms with Crippen LogP contribution >= 0.6 is 30.2 Å². The minimum Gasteiger partial charge on any atom is -0.348 e. The van der Waals surface area contributed by atoms with E-state index in [0.717, 1.165) is 46.2 Å². The Morgan fingerprint density at radius 1 is 1.23 bits per heavy atom. The van der Waals surface area contributed by atoms with E-state index in [2.05, 4.69) is 9.99 Å². The number of carbonyl (C=O) groups excluding carboxylic acids is 1. The zero-order chi connectivity index (χ0) is 21.3. The molecule has 0 bridgehead atoms. The largest absolute Gasteiger partial charge is 0.348 e. The van der Waals surface area contributed by atoms with Gasteiger partial charge < -0.3 is 14.5 Å². The summed E-state index contributed by atoms with van der Waals surface area (Å²) < 4.78 is 19.1. The quantitative estimate of drug-likeness (QED) is 0.371. The first-order chi connectivity index (χ1) is 14.4. The molecule has 0 radical (unpaired) electrons. The first-order valence-electron chi connectivity index (χ1n) is 9.75. The maximum Gasteiger partial charge on any atom is 0.324 e. The first kappa shape index (κ1) is 21.2. The zero-order valence-corrected chi connectivity index (χ0v) is 19.7. The number of aryl methyl sites for hydroxylation is 2. The summed E-state index contributed by atoms with van der Waals surface area (Å²) in [5.41, 5.74) is 3.31. The van der Waals surface area contributed by atoms with E-state index in [-0.39, 0.29) is 0 Å². The van der Waals surface area contributed by atoms with Crippen molar-refractivity contribution in [2.75, 3.05) is 30.2 Å². The third-order valence-corrected chi connectivity index (χ3v) is 9.35. The van der Waals surface area contributed by atoms with Gasteiger partial charge in [0.15, 0.2) is 11.4 Å². The Morgan fingerprint density at radius 2 is 2.00 bits per heavy atom. The highest BCUT2D eigenvalue weighted by atomic mass is 32.1. The van der Waals surface area contributed by atoms with Crippen LogP contribution in [0.15, 0.2) is 29.6 Å². The normalized spacial score (nSPS) is 15.9. The second-order valence-electron chi connectivity index (χ2n) is 7.35. The predicted octanol–water partition coefficient (Wildman–Crippen LogP) is 5.48. The maximum atomic E-state index is 13.6. The number of anilines is 2. The second-order valence-corrected chi connectivity index (χ2v) is 11.4. The van der Waals surface area contributed by atoms with Crippen molar-refractivity contribution in [3.8, 4) is 10.6 Å². The topological polar surface area (TPSA) is 71.5 Å². The number of hydrogen-bond donors (Lipinski definition) is 1. The summed E-state index contributed by atoms with van der Waals surface area (Å²) in [4.78, 5) is 20.1. The van der Waals surface area contributed by atoms with E-state index in [9.17, 15) is 9.36 Å². The molecule has 1 fully saturated rings. The molecule has 6 nitrogen and oxygen atoms in total. The predicted molar refractivity (Wildman–Crippen MR) is 126 cm³/mol. The lowest BCUT2D eigenvalue weighted by molar-refractivity contribution is 0.112. The highest BCUT2D eigenvalue weighted by Crippen LogP contribution is 2.48. The highest BCUT2D eigenvalue weighted by molar-refractivity contribution is 7.68. The van der Waals surface area contributed by atoms with Crippen LogP contribution in [0.25, 0.3) is 10.6 Å². The fraction of sp³-hybridized carbons (Fsp3) is 0.333. The molecule has 30 heavy (non-hydrogen) atoms. The Balaban J connectivity index is 1.65. The van der Waals surface area contributed by atoms with Gasteiger partial charge in [-0.25, -0.2) is 4.98 Å². The van der Waals surface area contributed by atoms with Gasteiger partial charge in [-0.15, -0.1) is 22.7 Å². The van der Waals surface area contributed by atoms with Gasteiger partial charge >= 0.3 is 7.52 Å². The minimum atomic E-state index is -3.39. The van der Waals surface area contributed by atoms with Crippen molar-refractivity contribution >= 4 is 52.6 Å². The van der Waals surface area contributed by atoms with E-state index in [1.165, 1.54) is 31.3 Å². The number of hydrogen-bond acceptors (Lipinski definition) is 7. The van der Waals surface area contributed by atoms with Gasteiger partial charge in [0.2, 0.25) is 0 Å². The average Bonchev–Trinajstić information content (AvgIpc) is 3.47. The fourth-order valence-corrected chi connectivity index (χ4v) is 7.27. The Bertz CT molecular complexity index is 1120. The number of nitrogens with zero attached hydrogens (tertiary/aromatic N) is 2. The molecule has 9 heteroatoms. The Labute approximate surface area is 184 Å². The highest BCUT2D eigenvalue weighted by Gasteiger charge is 2.29. The summed E-state index contributed by atoms with van der Waals surface area (Å²) in [6, 6.07) is 7.53. The van der Waals surface area contributed by atoms with Crippen LogP contribution in [0.4, 0.5) is 10.8 Å². The van der Waals surface area contributed by atoms with Crippen molar-refractivity contribution in [1.29, 1.82) is 0 Å². The molecule has 1 atom stereocenters. The first-order valence-corrected chi connectivity index (χ1v) is 13.1. The van der Waals surface area contributed by atoms with E-state index in [0.29, 0.717) is 15.9 Å². The number of thiazole rings is 1. The molecule has 0 aliphatic carbocycles. The van der Waals surface area contributed by atoms with Crippen LogP contribution in [0.3, 0.4) is 0 Å². The Kier molecular flexibility index (Phi) is 6.11. The van der Waals surface area contributed by atoms with E-state index in [1.807, 2.05) is 43.5 Å². The van der Waals surface area contributed by atoms with Crippen molar-refractivity contribution < 1.29 is 13.9 Å². The standard InChI is InChI=1S/C21H24N3O3PS2/c1-14-6-7-18(15(2)10-14)28(26,27-3)23-16-11-19(30-20(16)12-25)17-13-29-21(22-17)24-8-4-5-9-24/h6-7,10-13H,4-5,8-9H2,1-3H3,(H,23,26). The van der Waals surface area contributed by atoms with E-state index < -0.39 is 7.52 Å². The summed E-state index contributed by atoms with van der Waals surface area (Å²) >= 11 is 2.96. The van der Waals surface area contributed by atoms with Gasteiger partial charge in [0.05, 0.1) is 26.4 Å². The van der Waals surface area contributed by atoms with Crippen LogP contribution in [0.2, 0.25) is 0 Å². The molecule has 1 saturated heterocycles. The van der Waals surface area contributed by atoms with Gasteiger partial charge in [-0.1, -0.05) is 17.7 Å². The summed E-state index contributed by atoms with van der Waals surface area (Å²) in [5.74, 6) is 0. The van der Waals surface area contributed by atoms with E-state index >= 15 is 0 Å². The zero-order valence-electron chi connectivity index (χ0n) is 17.2. The van der Waals surface area contributed by atoms with Gasteiger partial charge in [0, 0.05) is 25.6 Å². The molecule has 0 amide bonds. The average molecular weight is 462 g/mol. The molecule has 1 aromatic carbocycles. The van der Waals surface area contributed by atoms with Crippen LogP contribution in [0.1, 0.15) is 33.6 Å². The van der Waals surface area contributed by atoms with Crippen LogP contribution in [0, 0.1) is 13.8 Å². The third kappa shape index (κ3) is 4.10. The summed E-state index contributed by atoms with van der Waals surface area (Å²) in [7, 11) is -1.97. The molecule has 0 spiro atoms. The van der Waals surface area contributed by atoms with Gasteiger partial charge in [-0.05, 0) is 44.4 Å². The van der Waals surface area contributed by atoms with Gasteiger partial charge in [-0.3, -0.25) is 9.36 Å². The molecule has 1 aliphatic heterocycles. The van der Waals surface area contributed by atoms with Crippen LogP contribution < -0.4 is 15.3 Å². The Hall–Kier alpha value is -1.99. The van der Waals surface area contributed by atoms with Gasteiger partial charge in [0.25, 0.3) is 0 Å². The molecule has 4 rings (SSSR count). The molecular formula is C21H24N3O3PS2. The van der Waals surface area contributed by atoms with Crippen molar-refractivity contribution in [2.24, 2.45) is 0 Å². The molecule has 1 unspecified atom stereocenters. The molecule has 0 saturated carbocycles. The SMILES string of the molecule is COP(=O)(Nc1cc(-c2csc(N3CCCC3)n2)sc1C=O)c1ccc(C)cc1C. The second kappa shape index (κ2) is 8.63. The van der Waals surface area contributed by atoms with Crippen LogP contribution in [-0.4, -0.2) is 31.5 Å². The van der Waals surface area contributed by atoms with Gasteiger partial charge in [-0.2, -0.15) is 0 Å². The molecule has 158 valence electrons. The monoisotopic (exact) mass is 461 g/mol. The summed E-state index contributed by atoms with van der Waals surface area (Å²) in [5, 5.41) is 6.65. The molecular weight excluding hydrogens is 437 g/mol. The van der Waals surface area contributed by atoms with Crippen molar-refractivity contribution in [2.45, 2.75) is 26.7 Å². The molecule has 3 aromatic rings. The number of rotatable bonds is 7. The van der Waals surface area contributed by atoms with E-state index in [1.54, 1.807) is 11.3 Å². The van der Waals surface area contributed by atoms with Crippen molar-refractivity contribution in [3.63, 3.8) is 0 Å². The number of aldehydes is 1. The molecule has 1 aliphatic rings. The van der Waals surface area contributed by atoms with Crippen LogP contribution in [0.5, 0.6) is 0 Å². The van der Waals surface area contributed by atoms with Gasteiger partial charge in [0.1, 0.15) is 0 Å². The molecule has 2 aromatic heterocycles. The number of thiophene rings is 1. The molecule has 3 heterocycles.